The van der Waals surface area contributed by atoms with Gasteiger partial charge in [-0.3, -0.25) is 14.4 Å². The molecule has 72 heavy (non-hydrogen) atoms. The lowest BCUT2D eigenvalue weighted by Crippen LogP contribution is -2.30. The summed E-state index contributed by atoms with van der Waals surface area (Å²) < 4.78 is 16.8. The first-order chi connectivity index (χ1) is 35.5. The quantitative estimate of drug-likeness (QED) is 0.0261. The zero-order valence-electron chi connectivity index (χ0n) is 47.2. The van der Waals surface area contributed by atoms with E-state index in [2.05, 4.69) is 118 Å². The Bertz CT molecular complexity index is 1430. The van der Waals surface area contributed by atoms with Gasteiger partial charge in [0.2, 0.25) is 0 Å². The van der Waals surface area contributed by atoms with Crippen LogP contribution in [0.1, 0.15) is 284 Å². The van der Waals surface area contributed by atoms with Crippen LogP contribution in [0.25, 0.3) is 0 Å². The normalized spacial score (nSPS) is 12.8. The summed E-state index contributed by atoms with van der Waals surface area (Å²) in [5.74, 6) is -0.960. The maximum atomic E-state index is 12.9. The number of hydrogen-bond donors (Lipinski definition) is 0. The predicted octanol–water partition coefficient (Wildman–Crippen LogP) is 20.5. The van der Waals surface area contributed by atoms with Crippen molar-refractivity contribution >= 4 is 17.9 Å². The Kier molecular flexibility index (Phi) is 56.8. The van der Waals surface area contributed by atoms with Crippen molar-refractivity contribution in [1.82, 2.24) is 0 Å². The molecule has 0 bridgehead atoms. The fourth-order valence-electron chi connectivity index (χ4n) is 8.31. The number of unbranched alkanes of at least 4 members (excludes halogenated alkanes) is 27. The van der Waals surface area contributed by atoms with Crippen LogP contribution in [0.15, 0.2) is 97.2 Å². The minimum absolute atomic E-state index is 0.0981. The number of ether oxygens (including phenoxy) is 3. The molecule has 0 heterocycles. The highest BCUT2D eigenvalue weighted by molar-refractivity contribution is 5.71. The van der Waals surface area contributed by atoms with Gasteiger partial charge in [-0.1, -0.05) is 266 Å². The second-order valence-corrected chi connectivity index (χ2v) is 19.9. The highest BCUT2D eigenvalue weighted by Crippen LogP contribution is 2.16. The Morgan fingerprint density at radius 2 is 0.556 bits per heavy atom. The summed E-state index contributed by atoms with van der Waals surface area (Å²) >= 11 is 0. The first-order valence-electron chi connectivity index (χ1n) is 30.2. The van der Waals surface area contributed by atoms with E-state index in [0.29, 0.717) is 19.3 Å². The summed E-state index contributed by atoms with van der Waals surface area (Å²) in [6.07, 6.45) is 79.8. The Hall–Kier alpha value is -3.67. The van der Waals surface area contributed by atoms with Gasteiger partial charge >= 0.3 is 17.9 Å². The smallest absolute Gasteiger partial charge is 0.306 e. The summed E-state index contributed by atoms with van der Waals surface area (Å²) in [7, 11) is 0. The first-order valence-corrected chi connectivity index (χ1v) is 30.2. The van der Waals surface area contributed by atoms with Gasteiger partial charge in [-0.05, 0) is 96.3 Å². The molecule has 1 atom stereocenters. The van der Waals surface area contributed by atoms with Crippen LogP contribution in [0.4, 0.5) is 0 Å². The molecule has 0 saturated heterocycles. The summed E-state index contributed by atoms with van der Waals surface area (Å²) in [6.45, 7) is 6.48. The van der Waals surface area contributed by atoms with Crippen molar-refractivity contribution in [3.8, 4) is 0 Å². The molecule has 0 amide bonds. The summed E-state index contributed by atoms with van der Waals surface area (Å²) in [5, 5.41) is 0. The van der Waals surface area contributed by atoms with Crippen LogP contribution in [0.2, 0.25) is 0 Å². The van der Waals surface area contributed by atoms with Crippen molar-refractivity contribution in [3.63, 3.8) is 0 Å². The second-order valence-electron chi connectivity index (χ2n) is 19.9. The van der Waals surface area contributed by atoms with Crippen LogP contribution in [0, 0.1) is 0 Å². The number of allylic oxidation sites excluding steroid dienone is 16. The molecule has 0 aliphatic carbocycles. The molecule has 6 nitrogen and oxygen atoms in total. The van der Waals surface area contributed by atoms with Crippen LogP contribution in [-0.4, -0.2) is 37.2 Å². The molecule has 0 aliphatic rings. The van der Waals surface area contributed by atoms with E-state index in [0.717, 1.165) is 96.3 Å². The van der Waals surface area contributed by atoms with E-state index in [1.807, 2.05) is 0 Å². The summed E-state index contributed by atoms with van der Waals surface area (Å²) in [6, 6.07) is 0. The molecule has 1 unspecified atom stereocenters. The zero-order chi connectivity index (χ0) is 52.2. The van der Waals surface area contributed by atoms with E-state index in [4.69, 9.17) is 14.2 Å². The fourth-order valence-corrected chi connectivity index (χ4v) is 8.31. The third-order valence-corrected chi connectivity index (χ3v) is 12.8. The molecule has 0 aromatic heterocycles. The minimum Gasteiger partial charge on any atom is -0.462 e. The molecule has 0 rings (SSSR count). The highest BCUT2D eigenvalue weighted by atomic mass is 16.6. The van der Waals surface area contributed by atoms with Crippen molar-refractivity contribution in [1.29, 1.82) is 0 Å². The number of carbonyl (C=O) groups excluding carboxylic acids is 3. The average Bonchev–Trinajstić information content (AvgIpc) is 3.38. The van der Waals surface area contributed by atoms with Crippen molar-refractivity contribution in [2.45, 2.75) is 290 Å². The van der Waals surface area contributed by atoms with Gasteiger partial charge in [0.25, 0.3) is 0 Å². The SMILES string of the molecule is CC/C=C\C/C=C\C/C=C\C/C=C\C/C=C\C/C=C\C/C=C\CCCC(=O)OCC(COC(=O)CCCCCCC/C=C\CCCCCC)OC(=O)CCCCCCCCCCCCCCCCCCCC. The molecule has 0 saturated carbocycles. The van der Waals surface area contributed by atoms with Crippen molar-refractivity contribution < 1.29 is 28.6 Å². The number of esters is 3. The number of hydrogen-bond acceptors (Lipinski definition) is 6. The molecule has 0 N–H and O–H groups in total. The molecule has 0 fully saturated rings. The van der Waals surface area contributed by atoms with E-state index in [1.165, 1.54) is 141 Å². The Morgan fingerprint density at radius 3 is 0.931 bits per heavy atom. The van der Waals surface area contributed by atoms with Crippen molar-refractivity contribution in [2.24, 2.45) is 0 Å². The van der Waals surface area contributed by atoms with Gasteiger partial charge in [-0.2, -0.15) is 0 Å². The topological polar surface area (TPSA) is 78.9 Å². The van der Waals surface area contributed by atoms with Crippen molar-refractivity contribution in [3.05, 3.63) is 97.2 Å². The van der Waals surface area contributed by atoms with E-state index < -0.39 is 6.10 Å². The molecular weight excluding hydrogens is 889 g/mol. The number of rotatable bonds is 54. The molecular formula is C66H112O6. The van der Waals surface area contributed by atoms with Gasteiger partial charge in [0, 0.05) is 19.3 Å². The van der Waals surface area contributed by atoms with E-state index in [-0.39, 0.29) is 37.5 Å². The monoisotopic (exact) mass is 1000 g/mol. The van der Waals surface area contributed by atoms with Gasteiger partial charge < -0.3 is 14.2 Å². The van der Waals surface area contributed by atoms with E-state index in [1.54, 1.807) is 0 Å². The lowest BCUT2D eigenvalue weighted by molar-refractivity contribution is -0.167. The Balaban J connectivity index is 4.45. The predicted molar refractivity (Wildman–Crippen MR) is 311 cm³/mol. The van der Waals surface area contributed by atoms with Gasteiger partial charge in [-0.25, -0.2) is 0 Å². The summed E-state index contributed by atoms with van der Waals surface area (Å²) in [4.78, 5) is 38.2. The molecule has 6 heteroatoms. The third-order valence-electron chi connectivity index (χ3n) is 12.8. The second kappa shape index (κ2) is 59.9. The minimum atomic E-state index is -0.804. The first kappa shape index (κ1) is 68.3. The van der Waals surface area contributed by atoms with Crippen LogP contribution in [-0.2, 0) is 28.6 Å². The molecule has 0 aromatic rings. The Morgan fingerprint density at radius 1 is 0.292 bits per heavy atom. The third kappa shape index (κ3) is 57.2. The molecule has 412 valence electrons. The van der Waals surface area contributed by atoms with E-state index in [9.17, 15) is 14.4 Å². The molecule has 0 aliphatic heterocycles. The van der Waals surface area contributed by atoms with Crippen LogP contribution in [0.3, 0.4) is 0 Å². The summed E-state index contributed by atoms with van der Waals surface area (Å²) in [5.41, 5.74) is 0. The maximum Gasteiger partial charge on any atom is 0.306 e. The van der Waals surface area contributed by atoms with E-state index >= 15 is 0 Å². The van der Waals surface area contributed by atoms with Crippen molar-refractivity contribution in [2.75, 3.05) is 13.2 Å². The largest absolute Gasteiger partial charge is 0.462 e. The Labute approximate surface area is 445 Å². The molecule has 0 aromatic carbocycles. The van der Waals surface area contributed by atoms with Crippen LogP contribution in [0.5, 0.6) is 0 Å². The average molecular weight is 1000 g/mol. The van der Waals surface area contributed by atoms with Gasteiger partial charge in [-0.15, -0.1) is 0 Å². The standard InChI is InChI=1S/C66H112O6/c1-4-7-10-13-16-19-22-25-27-29-31-32-33-34-35-37-38-41-44-47-50-53-56-59-65(68)71-62-63(61-70-64(67)58-55-52-49-46-43-40-24-21-18-15-12-9-6-3)72-66(69)60-57-54-51-48-45-42-39-36-30-28-26-23-20-17-14-11-8-5-2/h7,10,16,19,21,24-25,27,31-32,34-35,38,41,47,50,63H,4-6,8-9,11-15,17-18,20,22-23,26,28-30,33,36-37,39-40,42-46,48-49,51-62H2,1-3H3/b10-7-,19-16-,24-21-,27-25-,32-31-,35-34-,41-38-,50-47-. The maximum absolute atomic E-state index is 12.9. The van der Waals surface area contributed by atoms with Gasteiger partial charge in [0.1, 0.15) is 13.2 Å². The zero-order valence-corrected chi connectivity index (χ0v) is 47.2. The lowest BCUT2D eigenvalue weighted by atomic mass is 10.0. The van der Waals surface area contributed by atoms with Crippen LogP contribution < -0.4 is 0 Å². The lowest BCUT2D eigenvalue weighted by Gasteiger charge is -2.18. The van der Waals surface area contributed by atoms with Crippen LogP contribution >= 0.6 is 0 Å². The fraction of sp³-hybridized carbons (Fsp3) is 0.712. The highest BCUT2D eigenvalue weighted by Gasteiger charge is 2.19. The van der Waals surface area contributed by atoms with Gasteiger partial charge in [0.15, 0.2) is 6.10 Å². The molecule has 0 spiro atoms. The van der Waals surface area contributed by atoms with Gasteiger partial charge in [0.05, 0.1) is 0 Å². The number of carbonyl (C=O) groups is 3. The molecule has 0 radical (unpaired) electrons.